The van der Waals surface area contributed by atoms with Crippen molar-refractivity contribution in [3.8, 4) is 0 Å². The molecule has 0 aliphatic heterocycles. The Morgan fingerprint density at radius 3 is 2.75 bits per heavy atom. The van der Waals surface area contributed by atoms with Gasteiger partial charge in [-0.15, -0.1) is 0 Å². The zero-order valence-electron chi connectivity index (χ0n) is 4.33. The van der Waals surface area contributed by atoms with Gasteiger partial charge in [-0.25, -0.2) is 4.89 Å². The standard InChI is InChI=1S/C3H9O4P/c4-2-1-3-6-7-8-5/h4-5,8H,1-3H2. The Hall–Kier alpha value is 0.270. The summed E-state index contributed by atoms with van der Waals surface area (Å²) in [5.74, 6) is 0. The summed E-state index contributed by atoms with van der Waals surface area (Å²) in [6.07, 6.45) is 0.532. The minimum atomic E-state index is -0.635. The Balaban J connectivity index is 2.53. The van der Waals surface area contributed by atoms with Crippen molar-refractivity contribution in [2.75, 3.05) is 13.2 Å². The maximum Gasteiger partial charge on any atom is 0.191 e. The van der Waals surface area contributed by atoms with Gasteiger partial charge in [-0.2, -0.15) is 4.67 Å². The molecule has 0 bridgehead atoms. The molecule has 5 heteroatoms. The summed E-state index contributed by atoms with van der Waals surface area (Å²) in [7, 11) is -0.635. The van der Waals surface area contributed by atoms with Crippen molar-refractivity contribution in [1.82, 2.24) is 0 Å². The molecule has 0 aliphatic carbocycles. The third-order valence-electron chi connectivity index (χ3n) is 0.482. The van der Waals surface area contributed by atoms with Crippen LogP contribution >= 0.6 is 9.03 Å². The molecule has 1 atom stereocenters. The van der Waals surface area contributed by atoms with Gasteiger partial charge in [0.2, 0.25) is 0 Å². The molecule has 0 aromatic carbocycles. The molecule has 0 rings (SSSR count). The van der Waals surface area contributed by atoms with Crippen molar-refractivity contribution in [1.29, 1.82) is 0 Å². The SMILES string of the molecule is OCCCOOPO. The molecule has 0 aromatic rings. The molecular formula is C3H9O4P. The van der Waals surface area contributed by atoms with Crippen molar-refractivity contribution in [2.45, 2.75) is 6.42 Å². The molecule has 0 saturated heterocycles. The van der Waals surface area contributed by atoms with E-state index < -0.39 is 9.03 Å². The van der Waals surface area contributed by atoms with Crippen molar-refractivity contribution >= 4 is 9.03 Å². The van der Waals surface area contributed by atoms with Crippen LogP contribution in [0.2, 0.25) is 0 Å². The van der Waals surface area contributed by atoms with Gasteiger partial charge in [0.15, 0.2) is 9.03 Å². The second-order valence-electron chi connectivity index (χ2n) is 1.07. The number of rotatable bonds is 5. The van der Waals surface area contributed by atoms with Gasteiger partial charge in [0.05, 0.1) is 6.61 Å². The summed E-state index contributed by atoms with van der Waals surface area (Å²) in [6, 6.07) is 0. The lowest BCUT2D eigenvalue weighted by molar-refractivity contribution is -0.203. The molecule has 0 saturated carbocycles. The summed E-state index contributed by atoms with van der Waals surface area (Å²) in [5, 5.41) is 8.17. The molecule has 0 heterocycles. The van der Waals surface area contributed by atoms with E-state index in [9.17, 15) is 0 Å². The highest BCUT2D eigenvalue weighted by atomic mass is 31.1. The lowest BCUT2D eigenvalue weighted by atomic mass is 10.5. The van der Waals surface area contributed by atoms with Crippen molar-refractivity contribution in [3.63, 3.8) is 0 Å². The van der Waals surface area contributed by atoms with Crippen LogP contribution < -0.4 is 0 Å². The summed E-state index contributed by atoms with van der Waals surface area (Å²) >= 11 is 0. The van der Waals surface area contributed by atoms with Crippen LogP contribution in [0.5, 0.6) is 0 Å². The van der Waals surface area contributed by atoms with Crippen LogP contribution in [-0.4, -0.2) is 23.2 Å². The highest BCUT2D eigenvalue weighted by Crippen LogP contribution is 2.02. The third kappa shape index (κ3) is 6.27. The van der Waals surface area contributed by atoms with E-state index in [0.717, 1.165) is 0 Å². The van der Waals surface area contributed by atoms with Crippen LogP contribution in [0.1, 0.15) is 6.42 Å². The highest BCUT2D eigenvalue weighted by molar-refractivity contribution is 7.24. The quantitative estimate of drug-likeness (QED) is 0.240. The predicted octanol–water partition coefficient (Wildman–Crippen LogP) is -0.182. The van der Waals surface area contributed by atoms with Crippen LogP contribution in [0.4, 0.5) is 0 Å². The molecule has 0 fully saturated rings. The largest absolute Gasteiger partial charge is 0.396 e. The van der Waals surface area contributed by atoms with Gasteiger partial charge in [0.25, 0.3) is 0 Å². The highest BCUT2D eigenvalue weighted by Gasteiger charge is 1.84. The smallest absolute Gasteiger partial charge is 0.191 e. The van der Waals surface area contributed by atoms with Crippen LogP contribution in [0.3, 0.4) is 0 Å². The first-order valence-electron chi connectivity index (χ1n) is 2.20. The number of aliphatic hydroxyl groups excluding tert-OH is 1. The van der Waals surface area contributed by atoms with E-state index in [4.69, 9.17) is 10.00 Å². The van der Waals surface area contributed by atoms with E-state index in [1.54, 1.807) is 0 Å². The summed E-state index contributed by atoms with van der Waals surface area (Å²) in [4.78, 5) is 12.3. The second kappa shape index (κ2) is 7.27. The Bertz CT molecular complexity index is 36.3. The summed E-state index contributed by atoms with van der Waals surface area (Å²) < 4.78 is 4.11. The molecule has 2 N–H and O–H groups in total. The second-order valence-corrected chi connectivity index (χ2v) is 1.42. The van der Waals surface area contributed by atoms with Crippen LogP contribution in [0, 0.1) is 0 Å². The fraction of sp³-hybridized carbons (Fsp3) is 1.00. The molecule has 0 aromatic heterocycles. The van der Waals surface area contributed by atoms with Crippen molar-refractivity contribution in [2.24, 2.45) is 0 Å². The average molecular weight is 140 g/mol. The molecular weight excluding hydrogens is 131 g/mol. The topological polar surface area (TPSA) is 58.9 Å². The monoisotopic (exact) mass is 140 g/mol. The van der Waals surface area contributed by atoms with E-state index >= 15 is 0 Å². The van der Waals surface area contributed by atoms with E-state index in [1.807, 2.05) is 0 Å². The molecule has 50 valence electrons. The van der Waals surface area contributed by atoms with Gasteiger partial charge in [-0.1, -0.05) is 0 Å². The normalized spacial score (nSPS) is 11.2. The minimum Gasteiger partial charge on any atom is -0.396 e. The Morgan fingerprint density at radius 2 is 2.25 bits per heavy atom. The predicted molar refractivity (Wildman–Crippen MR) is 29.3 cm³/mol. The van der Waals surface area contributed by atoms with Crippen LogP contribution in [-0.2, 0) is 9.56 Å². The Morgan fingerprint density at radius 1 is 1.50 bits per heavy atom. The first kappa shape index (κ1) is 8.27. The van der Waals surface area contributed by atoms with E-state index in [-0.39, 0.29) is 6.61 Å². The molecule has 0 aliphatic rings. The summed E-state index contributed by atoms with van der Waals surface area (Å²) in [5.41, 5.74) is 0. The number of hydrogen-bond acceptors (Lipinski definition) is 4. The third-order valence-corrected chi connectivity index (χ3v) is 0.674. The van der Waals surface area contributed by atoms with E-state index in [1.165, 1.54) is 0 Å². The molecule has 1 unspecified atom stereocenters. The first-order valence-corrected chi connectivity index (χ1v) is 3.05. The molecule has 0 radical (unpaired) electrons. The van der Waals surface area contributed by atoms with Crippen LogP contribution in [0.15, 0.2) is 0 Å². The fourth-order valence-electron chi connectivity index (χ4n) is 0.191. The molecule has 4 nitrogen and oxygen atoms in total. The molecule has 8 heavy (non-hydrogen) atoms. The van der Waals surface area contributed by atoms with Gasteiger partial charge in [0, 0.05) is 6.61 Å². The minimum absolute atomic E-state index is 0.0812. The van der Waals surface area contributed by atoms with E-state index in [2.05, 4.69) is 9.56 Å². The van der Waals surface area contributed by atoms with Gasteiger partial charge in [-0.05, 0) is 6.42 Å². The first-order chi connectivity index (χ1) is 3.91. The van der Waals surface area contributed by atoms with Crippen LogP contribution in [0.25, 0.3) is 0 Å². The lowest BCUT2D eigenvalue weighted by Gasteiger charge is -1.95. The zero-order chi connectivity index (χ0) is 6.24. The maximum absolute atomic E-state index is 8.17. The number of hydrogen-bond donors (Lipinski definition) is 2. The average Bonchev–Trinajstić information content (AvgIpc) is 1.81. The summed E-state index contributed by atoms with van der Waals surface area (Å²) in [6.45, 7) is 0.405. The fourth-order valence-corrected chi connectivity index (χ4v) is 0.328. The maximum atomic E-state index is 8.17. The zero-order valence-corrected chi connectivity index (χ0v) is 5.33. The Labute approximate surface area is 49.3 Å². The van der Waals surface area contributed by atoms with E-state index in [0.29, 0.717) is 13.0 Å². The van der Waals surface area contributed by atoms with Gasteiger partial charge in [-0.3, -0.25) is 0 Å². The van der Waals surface area contributed by atoms with Crippen molar-refractivity contribution in [3.05, 3.63) is 0 Å². The number of aliphatic hydroxyl groups is 1. The van der Waals surface area contributed by atoms with Gasteiger partial charge in [0.1, 0.15) is 0 Å². The Kier molecular flexibility index (Phi) is 7.52. The van der Waals surface area contributed by atoms with Crippen molar-refractivity contribution < 1.29 is 19.6 Å². The van der Waals surface area contributed by atoms with Gasteiger partial charge >= 0.3 is 0 Å². The molecule has 0 spiro atoms. The molecule has 0 amide bonds. The lowest BCUT2D eigenvalue weighted by Crippen LogP contribution is -1.93. The van der Waals surface area contributed by atoms with Gasteiger partial charge < -0.3 is 10.00 Å².